The van der Waals surface area contributed by atoms with Crippen molar-refractivity contribution in [2.45, 2.75) is 25.7 Å². The lowest BCUT2D eigenvalue weighted by Gasteiger charge is -2.29. The summed E-state index contributed by atoms with van der Waals surface area (Å²) < 4.78 is 4.93. The van der Waals surface area contributed by atoms with E-state index in [-0.39, 0.29) is 5.97 Å². The molecule has 0 amide bonds. The summed E-state index contributed by atoms with van der Waals surface area (Å²) in [5.41, 5.74) is 7.81. The summed E-state index contributed by atoms with van der Waals surface area (Å²) in [6, 6.07) is 5.86. The van der Waals surface area contributed by atoms with Crippen LogP contribution >= 0.6 is 0 Å². The van der Waals surface area contributed by atoms with Gasteiger partial charge in [-0.2, -0.15) is 0 Å². The Hall–Kier alpha value is -2.03. The fraction of sp³-hybridized carbons (Fsp3) is 0.526. The number of carbonyl (C=O) groups excluding carboxylic acids is 1. The molecule has 1 aliphatic rings. The maximum Gasteiger partial charge on any atom is 0.339 e. The zero-order valence-electron chi connectivity index (χ0n) is 14.4. The van der Waals surface area contributed by atoms with Gasteiger partial charge in [0.1, 0.15) is 0 Å². The fourth-order valence-electron chi connectivity index (χ4n) is 2.73. The number of piperazine rings is 1. The third-order valence-corrected chi connectivity index (χ3v) is 4.12. The largest absolute Gasteiger partial charge is 0.465 e. The van der Waals surface area contributed by atoms with Gasteiger partial charge in [-0.25, -0.2) is 4.79 Å². The number of benzene rings is 1. The molecule has 24 heavy (non-hydrogen) atoms. The van der Waals surface area contributed by atoms with Crippen LogP contribution in [0.15, 0.2) is 18.2 Å². The van der Waals surface area contributed by atoms with Gasteiger partial charge >= 0.3 is 5.97 Å². The van der Waals surface area contributed by atoms with E-state index in [0.29, 0.717) is 5.56 Å². The molecule has 0 aromatic heterocycles. The van der Waals surface area contributed by atoms with Crippen molar-refractivity contribution < 1.29 is 9.53 Å². The quantitative estimate of drug-likeness (QED) is 0.473. The van der Waals surface area contributed by atoms with Crippen LogP contribution in [0.5, 0.6) is 0 Å². The van der Waals surface area contributed by atoms with Crippen LogP contribution in [0.1, 0.15) is 41.6 Å². The molecule has 130 valence electrons. The second-order valence-electron chi connectivity index (χ2n) is 5.86. The average Bonchev–Trinajstić information content (AvgIpc) is 2.64. The zero-order valence-corrected chi connectivity index (χ0v) is 14.4. The van der Waals surface area contributed by atoms with Crippen molar-refractivity contribution in [3.05, 3.63) is 29.3 Å². The first kappa shape index (κ1) is 18.3. The Morgan fingerprint density at radius 3 is 2.79 bits per heavy atom. The van der Waals surface area contributed by atoms with Crippen LogP contribution in [-0.4, -0.2) is 45.8 Å². The number of esters is 1. The summed E-state index contributed by atoms with van der Waals surface area (Å²) in [5.74, 6) is 5.95. The van der Waals surface area contributed by atoms with Crippen LogP contribution in [0.3, 0.4) is 0 Å². The molecule has 1 fully saturated rings. The van der Waals surface area contributed by atoms with Gasteiger partial charge in [-0.05, 0) is 37.6 Å². The standard InChI is InChI=1S/C19H27N3O2/c1-24-19(23)18-15-17(22-13-11-21-12-14-22)9-8-16(18)7-5-3-2-4-6-10-20/h8-9,15,21H,2-4,6,10-14,20H2,1H3. The monoisotopic (exact) mass is 329 g/mol. The molecule has 0 unspecified atom stereocenters. The van der Waals surface area contributed by atoms with Gasteiger partial charge in [0.05, 0.1) is 12.7 Å². The Balaban J connectivity index is 2.12. The molecule has 5 nitrogen and oxygen atoms in total. The predicted molar refractivity (Wildman–Crippen MR) is 97.3 cm³/mol. The molecule has 0 bridgehead atoms. The number of hydrogen-bond acceptors (Lipinski definition) is 5. The number of unbranched alkanes of at least 4 members (excludes halogenated alkanes) is 3. The zero-order chi connectivity index (χ0) is 17.2. The molecule has 0 aliphatic carbocycles. The predicted octanol–water partition coefficient (Wildman–Crippen LogP) is 1.75. The average molecular weight is 329 g/mol. The van der Waals surface area contributed by atoms with Crippen molar-refractivity contribution in [1.29, 1.82) is 0 Å². The van der Waals surface area contributed by atoms with Crippen molar-refractivity contribution in [3.63, 3.8) is 0 Å². The second-order valence-corrected chi connectivity index (χ2v) is 5.86. The third-order valence-electron chi connectivity index (χ3n) is 4.12. The number of ether oxygens (including phenoxy) is 1. The molecular formula is C19H27N3O2. The summed E-state index contributed by atoms with van der Waals surface area (Å²) in [6.45, 7) is 4.52. The van der Waals surface area contributed by atoms with Crippen molar-refractivity contribution in [2.24, 2.45) is 5.73 Å². The maximum atomic E-state index is 12.1. The lowest BCUT2D eigenvalue weighted by molar-refractivity contribution is 0.0600. The molecular weight excluding hydrogens is 302 g/mol. The topological polar surface area (TPSA) is 67.6 Å². The van der Waals surface area contributed by atoms with E-state index < -0.39 is 0 Å². The van der Waals surface area contributed by atoms with Gasteiger partial charge in [-0.15, -0.1) is 0 Å². The highest BCUT2D eigenvalue weighted by Gasteiger charge is 2.16. The molecule has 2 rings (SSSR count). The van der Waals surface area contributed by atoms with E-state index in [1.165, 1.54) is 7.11 Å². The number of anilines is 1. The van der Waals surface area contributed by atoms with Gasteiger partial charge in [0.15, 0.2) is 0 Å². The van der Waals surface area contributed by atoms with Crippen LogP contribution in [-0.2, 0) is 4.74 Å². The highest BCUT2D eigenvalue weighted by atomic mass is 16.5. The molecule has 3 N–H and O–H groups in total. The molecule has 5 heteroatoms. The van der Waals surface area contributed by atoms with Gasteiger partial charge in [-0.3, -0.25) is 0 Å². The fourth-order valence-corrected chi connectivity index (χ4v) is 2.73. The molecule has 0 atom stereocenters. The number of rotatable bonds is 6. The van der Waals surface area contributed by atoms with E-state index >= 15 is 0 Å². The number of nitrogens with one attached hydrogen (secondary N) is 1. The lowest BCUT2D eigenvalue weighted by atomic mass is 10.1. The van der Waals surface area contributed by atoms with Crippen LogP contribution in [0.25, 0.3) is 0 Å². The third kappa shape index (κ3) is 5.26. The van der Waals surface area contributed by atoms with E-state index in [2.05, 4.69) is 22.1 Å². The number of methoxy groups -OCH3 is 1. The summed E-state index contributed by atoms with van der Waals surface area (Å²) in [4.78, 5) is 14.4. The normalized spacial score (nSPS) is 14.0. The molecule has 0 spiro atoms. The van der Waals surface area contributed by atoms with Crippen LogP contribution in [0.2, 0.25) is 0 Å². The number of nitrogens with zero attached hydrogens (tertiary/aromatic N) is 1. The number of hydrogen-bond donors (Lipinski definition) is 2. The van der Waals surface area contributed by atoms with Gasteiger partial charge in [-0.1, -0.05) is 18.3 Å². The minimum Gasteiger partial charge on any atom is -0.465 e. The van der Waals surface area contributed by atoms with Gasteiger partial charge in [0.25, 0.3) is 0 Å². The van der Waals surface area contributed by atoms with Gasteiger partial charge in [0, 0.05) is 43.9 Å². The smallest absolute Gasteiger partial charge is 0.339 e. The molecule has 0 saturated carbocycles. The molecule has 1 aromatic carbocycles. The Morgan fingerprint density at radius 1 is 1.29 bits per heavy atom. The molecule has 1 saturated heterocycles. The van der Waals surface area contributed by atoms with E-state index in [9.17, 15) is 4.79 Å². The first-order valence-corrected chi connectivity index (χ1v) is 8.63. The molecule has 1 aliphatic heterocycles. The molecule has 1 aromatic rings. The second kappa shape index (κ2) is 9.96. The van der Waals surface area contributed by atoms with Crippen molar-refractivity contribution in [3.8, 4) is 11.8 Å². The Morgan fingerprint density at radius 2 is 2.08 bits per heavy atom. The van der Waals surface area contributed by atoms with E-state index in [4.69, 9.17) is 10.5 Å². The maximum absolute atomic E-state index is 12.1. The lowest BCUT2D eigenvalue weighted by Crippen LogP contribution is -2.43. The van der Waals surface area contributed by atoms with Crippen molar-refractivity contribution >= 4 is 11.7 Å². The number of carbonyl (C=O) groups is 1. The number of nitrogens with two attached hydrogens (primary N) is 1. The first-order valence-electron chi connectivity index (χ1n) is 8.63. The van der Waals surface area contributed by atoms with Crippen molar-refractivity contribution in [1.82, 2.24) is 5.32 Å². The highest BCUT2D eigenvalue weighted by Crippen LogP contribution is 2.20. The Kier molecular flexibility index (Phi) is 7.60. The van der Waals surface area contributed by atoms with Crippen LogP contribution in [0.4, 0.5) is 5.69 Å². The summed E-state index contributed by atoms with van der Waals surface area (Å²) in [6.07, 6.45) is 3.99. The molecule has 0 radical (unpaired) electrons. The summed E-state index contributed by atoms with van der Waals surface area (Å²) in [5, 5.41) is 3.33. The van der Waals surface area contributed by atoms with Crippen LogP contribution < -0.4 is 16.0 Å². The summed E-state index contributed by atoms with van der Waals surface area (Å²) >= 11 is 0. The minimum atomic E-state index is -0.334. The first-order chi connectivity index (χ1) is 11.8. The molecule has 1 heterocycles. The highest BCUT2D eigenvalue weighted by molar-refractivity contribution is 5.93. The Labute approximate surface area is 144 Å². The Bertz CT molecular complexity index is 598. The van der Waals surface area contributed by atoms with Crippen LogP contribution in [0, 0.1) is 11.8 Å². The summed E-state index contributed by atoms with van der Waals surface area (Å²) in [7, 11) is 1.41. The van der Waals surface area contributed by atoms with Gasteiger partial charge < -0.3 is 20.7 Å². The SMILES string of the molecule is COC(=O)c1cc(N2CCNCC2)ccc1C#CCCCCCN. The van der Waals surface area contributed by atoms with E-state index in [0.717, 1.165) is 69.7 Å². The van der Waals surface area contributed by atoms with E-state index in [1.54, 1.807) is 0 Å². The van der Waals surface area contributed by atoms with Crippen molar-refractivity contribution in [2.75, 3.05) is 44.7 Å². The minimum absolute atomic E-state index is 0.334. The van der Waals surface area contributed by atoms with Gasteiger partial charge in [0.2, 0.25) is 0 Å². The van der Waals surface area contributed by atoms with E-state index in [1.807, 2.05) is 18.2 Å².